The van der Waals surface area contributed by atoms with E-state index in [4.69, 9.17) is 15.2 Å². The third-order valence-corrected chi connectivity index (χ3v) is 5.57. The molecule has 4 rings (SSSR count). The van der Waals surface area contributed by atoms with Gasteiger partial charge in [0, 0.05) is 5.92 Å². The molecule has 4 atom stereocenters. The number of hydrogen-bond acceptors (Lipinski definition) is 5. The van der Waals surface area contributed by atoms with Gasteiger partial charge < -0.3 is 20.3 Å². The monoisotopic (exact) mass is 403 g/mol. The third kappa shape index (κ3) is 3.70. The zero-order valence-corrected chi connectivity index (χ0v) is 15.9. The molecule has 0 amide bonds. The molecule has 6 nitrogen and oxygen atoms in total. The van der Waals surface area contributed by atoms with Crippen molar-refractivity contribution in [2.24, 2.45) is 23.5 Å². The van der Waals surface area contributed by atoms with Gasteiger partial charge in [0.2, 0.25) is 0 Å². The molecule has 0 aromatic heterocycles. The Labute approximate surface area is 169 Å². The molecule has 0 saturated heterocycles. The van der Waals surface area contributed by atoms with E-state index >= 15 is 0 Å². The molecule has 2 aliphatic rings. The van der Waals surface area contributed by atoms with Crippen molar-refractivity contribution in [3.05, 3.63) is 60.2 Å². The van der Waals surface area contributed by atoms with Crippen molar-refractivity contribution in [1.29, 1.82) is 0 Å². The Kier molecular flexibility index (Phi) is 5.63. The molecule has 4 unspecified atom stereocenters. The molecule has 2 aromatic carbocycles. The highest BCUT2D eigenvalue weighted by Crippen LogP contribution is 2.61. The Morgan fingerprint density at radius 2 is 1.82 bits per heavy atom. The van der Waals surface area contributed by atoms with Gasteiger partial charge in [-0.2, -0.15) is 0 Å². The molecule has 0 radical (unpaired) electrons. The summed E-state index contributed by atoms with van der Waals surface area (Å²) in [6, 6.07) is 16.7. The predicted octanol–water partition coefficient (Wildman–Crippen LogP) is 3.38. The number of carbonyl (C=O) groups is 2. The highest BCUT2D eigenvalue weighted by Gasteiger charge is 2.70. The first kappa shape index (κ1) is 20.2. The number of carboxylic acids is 1. The highest BCUT2D eigenvalue weighted by molar-refractivity contribution is 5.86. The molecule has 2 aromatic rings. The van der Waals surface area contributed by atoms with E-state index in [9.17, 15) is 14.7 Å². The van der Waals surface area contributed by atoms with Crippen molar-refractivity contribution < 1.29 is 24.2 Å². The fourth-order valence-corrected chi connectivity index (χ4v) is 4.19. The van der Waals surface area contributed by atoms with Crippen molar-refractivity contribution in [2.75, 3.05) is 0 Å². The summed E-state index contributed by atoms with van der Waals surface area (Å²) in [6.45, 7) is 0.0684. The number of ether oxygens (including phenoxy) is 2. The lowest BCUT2D eigenvalue weighted by atomic mass is 9.91. The number of halogens is 1. The first-order valence-electron chi connectivity index (χ1n) is 9.00. The average molecular weight is 404 g/mol. The number of aliphatic carboxylic acids is 1. The Balaban J connectivity index is 0.00000225. The molecule has 0 aliphatic heterocycles. The zero-order chi connectivity index (χ0) is 19.0. The fraction of sp³-hybridized carbons (Fsp3) is 0.333. The van der Waals surface area contributed by atoms with Gasteiger partial charge in [-0.25, -0.2) is 0 Å². The summed E-state index contributed by atoms with van der Waals surface area (Å²) < 4.78 is 11.2. The number of nitrogens with two attached hydrogens (primary N) is 1. The highest BCUT2D eigenvalue weighted by atomic mass is 35.5. The van der Waals surface area contributed by atoms with Crippen LogP contribution in [0, 0.1) is 17.8 Å². The van der Waals surface area contributed by atoms with E-state index in [0.29, 0.717) is 18.6 Å². The average Bonchev–Trinajstić information content (AvgIpc) is 3.32. The standard InChI is InChI=1S/C21H21NO5.ClH/c22-21(10-9-16-17(18(16)21)19(23)24)20(25)26-12-13-5-4-8-15(11-13)27-14-6-2-1-3-7-14;/h1-8,11,16-18H,9-10,12,22H2,(H,23,24);1H. The van der Waals surface area contributed by atoms with E-state index in [1.807, 2.05) is 48.5 Å². The zero-order valence-electron chi connectivity index (χ0n) is 15.1. The van der Waals surface area contributed by atoms with E-state index in [-0.39, 0.29) is 30.8 Å². The lowest BCUT2D eigenvalue weighted by molar-refractivity contribution is -0.153. The van der Waals surface area contributed by atoms with Crippen LogP contribution in [0.1, 0.15) is 18.4 Å². The molecule has 0 spiro atoms. The number of benzene rings is 2. The first-order chi connectivity index (χ1) is 13.0. The van der Waals surface area contributed by atoms with Crippen LogP contribution in [-0.4, -0.2) is 22.6 Å². The van der Waals surface area contributed by atoms with Crippen molar-refractivity contribution in [3.8, 4) is 11.5 Å². The molecular weight excluding hydrogens is 382 g/mol. The minimum Gasteiger partial charge on any atom is -0.481 e. The van der Waals surface area contributed by atoms with Gasteiger partial charge in [0.1, 0.15) is 23.6 Å². The molecular formula is C21H22ClNO5. The van der Waals surface area contributed by atoms with Crippen LogP contribution in [0.5, 0.6) is 11.5 Å². The third-order valence-electron chi connectivity index (χ3n) is 5.57. The fourth-order valence-electron chi connectivity index (χ4n) is 4.19. The van der Waals surface area contributed by atoms with Crippen molar-refractivity contribution in [3.63, 3.8) is 0 Å². The summed E-state index contributed by atoms with van der Waals surface area (Å²) in [4.78, 5) is 23.8. The number of carboxylic acid groups (broad SMARTS) is 1. The van der Waals surface area contributed by atoms with Gasteiger partial charge >= 0.3 is 11.9 Å². The molecule has 0 heterocycles. The van der Waals surface area contributed by atoms with Crippen molar-refractivity contribution >= 4 is 24.3 Å². The minimum atomic E-state index is -1.19. The largest absolute Gasteiger partial charge is 0.481 e. The van der Waals surface area contributed by atoms with Crippen molar-refractivity contribution in [2.45, 2.75) is 25.0 Å². The topological polar surface area (TPSA) is 98.9 Å². The van der Waals surface area contributed by atoms with Gasteiger partial charge in [-0.15, -0.1) is 12.4 Å². The van der Waals surface area contributed by atoms with E-state index in [1.54, 1.807) is 6.07 Å². The molecule has 7 heteroatoms. The molecule has 148 valence electrons. The van der Waals surface area contributed by atoms with E-state index < -0.39 is 23.4 Å². The summed E-state index contributed by atoms with van der Waals surface area (Å²) in [5.74, 6) is -0.854. The van der Waals surface area contributed by atoms with Crippen LogP contribution in [0.2, 0.25) is 0 Å². The van der Waals surface area contributed by atoms with Crippen LogP contribution >= 0.6 is 12.4 Å². The van der Waals surface area contributed by atoms with Crippen LogP contribution in [0.15, 0.2) is 54.6 Å². The second kappa shape index (κ2) is 7.81. The number of esters is 1. The lowest BCUT2D eigenvalue weighted by Crippen LogP contribution is -2.50. The quantitative estimate of drug-likeness (QED) is 0.717. The maximum Gasteiger partial charge on any atom is 0.326 e. The predicted molar refractivity (Wildman–Crippen MR) is 104 cm³/mol. The summed E-state index contributed by atoms with van der Waals surface area (Å²) in [5.41, 5.74) is 5.84. The second-order valence-electron chi connectivity index (χ2n) is 7.27. The molecule has 0 bridgehead atoms. The van der Waals surface area contributed by atoms with Gasteiger partial charge in [-0.1, -0.05) is 30.3 Å². The molecule has 3 N–H and O–H groups in total. The van der Waals surface area contributed by atoms with Crippen LogP contribution in [0.25, 0.3) is 0 Å². The Morgan fingerprint density at radius 3 is 2.50 bits per heavy atom. The summed E-state index contributed by atoms with van der Waals surface area (Å²) >= 11 is 0. The SMILES string of the molecule is Cl.NC1(C(=O)OCc2cccc(Oc3ccccc3)c2)CCC2C(C(=O)O)C21. The van der Waals surface area contributed by atoms with Crippen LogP contribution in [-0.2, 0) is 20.9 Å². The summed E-state index contributed by atoms with van der Waals surface area (Å²) in [6.07, 6.45) is 1.13. The van der Waals surface area contributed by atoms with Gasteiger partial charge in [-0.05, 0) is 48.6 Å². The number of hydrogen-bond donors (Lipinski definition) is 2. The number of rotatable bonds is 6. The van der Waals surface area contributed by atoms with Crippen LogP contribution < -0.4 is 10.5 Å². The lowest BCUT2D eigenvalue weighted by Gasteiger charge is -2.24. The molecule has 28 heavy (non-hydrogen) atoms. The van der Waals surface area contributed by atoms with E-state index in [2.05, 4.69) is 0 Å². The van der Waals surface area contributed by atoms with Gasteiger partial charge in [-0.3, -0.25) is 9.59 Å². The minimum absolute atomic E-state index is 0. The number of para-hydroxylation sites is 1. The Hall–Kier alpha value is -2.57. The Morgan fingerprint density at radius 1 is 1.11 bits per heavy atom. The summed E-state index contributed by atoms with van der Waals surface area (Å²) in [7, 11) is 0. The van der Waals surface area contributed by atoms with Gasteiger partial charge in [0.15, 0.2) is 0 Å². The Bertz CT molecular complexity index is 874. The smallest absolute Gasteiger partial charge is 0.326 e. The van der Waals surface area contributed by atoms with Gasteiger partial charge in [0.25, 0.3) is 0 Å². The van der Waals surface area contributed by atoms with E-state index in [1.165, 1.54) is 0 Å². The maximum absolute atomic E-state index is 12.6. The van der Waals surface area contributed by atoms with E-state index in [0.717, 1.165) is 11.3 Å². The second-order valence-corrected chi connectivity index (χ2v) is 7.27. The van der Waals surface area contributed by atoms with Crippen molar-refractivity contribution in [1.82, 2.24) is 0 Å². The number of carbonyl (C=O) groups excluding carboxylic acids is 1. The molecule has 2 fully saturated rings. The maximum atomic E-state index is 12.6. The van der Waals surface area contributed by atoms with Gasteiger partial charge in [0.05, 0.1) is 5.92 Å². The van der Waals surface area contributed by atoms with Crippen LogP contribution in [0.3, 0.4) is 0 Å². The summed E-state index contributed by atoms with van der Waals surface area (Å²) in [5, 5.41) is 9.21. The first-order valence-corrected chi connectivity index (χ1v) is 9.00. The number of fused-ring (bicyclic) bond motifs is 1. The normalized spacial score (nSPS) is 27.2. The van der Waals surface area contributed by atoms with Crippen LogP contribution in [0.4, 0.5) is 0 Å². The molecule has 2 aliphatic carbocycles. The molecule has 2 saturated carbocycles.